The molecule has 0 saturated carbocycles. The summed E-state index contributed by atoms with van der Waals surface area (Å²) in [5.74, 6) is -0.106. The summed E-state index contributed by atoms with van der Waals surface area (Å²) in [6.45, 7) is 0.498. The highest BCUT2D eigenvalue weighted by atomic mass is 16.2. The monoisotopic (exact) mass is 338 g/mol. The van der Waals surface area contributed by atoms with E-state index in [1.54, 1.807) is 11.0 Å². The summed E-state index contributed by atoms with van der Waals surface area (Å²) < 4.78 is 0. The zero-order valence-corrected chi connectivity index (χ0v) is 14.2. The largest absolute Gasteiger partial charge is 0.303 e. The van der Waals surface area contributed by atoms with Crippen LogP contribution in [0.3, 0.4) is 0 Å². The molecule has 3 heteroatoms. The van der Waals surface area contributed by atoms with Crippen molar-refractivity contribution < 1.29 is 4.79 Å². The summed E-state index contributed by atoms with van der Waals surface area (Å²) in [6.07, 6.45) is 0. The molecule has 0 aliphatic rings. The first-order chi connectivity index (χ1) is 12.8. The number of rotatable bonds is 4. The molecule has 1 heterocycles. The van der Waals surface area contributed by atoms with Gasteiger partial charge in [-0.25, -0.2) is 4.98 Å². The van der Waals surface area contributed by atoms with Crippen LogP contribution in [0.4, 0.5) is 5.69 Å². The maximum atomic E-state index is 13.3. The van der Waals surface area contributed by atoms with Gasteiger partial charge in [-0.2, -0.15) is 0 Å². The molecule has 0 radical (unpaired) electrons. The summed E-state index contributed by atoms with van der Waals surface area (Å²) in [5, 5.41) is 1.03. The zero-order chi connectivity index (χ0) is 17.8. The summed E-state index contributed by atoms with van der Waals surface area (Å²) in [7, 11) is 0. The maximum absolute atomic E-state index is 13.3. The number of fused-ring (bicyclic) bond motifs is 1. The Morgan fingerprint density at radius 2 is 1.38 bits per heavy atom. The fourth-order valence-corrected chi connectivity index (χ4v) is 2.98. The number of amides is 1. The number of aromatic nitrogens is 1. The highest BCUT2D eigenvalue weighted by Gasteiger charge is 2.19. The molecule has 0 spiro atoms. The minimum absolute atomic E-state index is 0.106. The van der Waals surface area contributed by atoms with Gasteiger partial charge in [0.15, 0.2) is 0 Å². The second kappa shape index (κ2) is 7.19. The first kappa shape index (κ1) is 16.0. The second-order valence-corrected chi connectivity index (χ2v) is 6.10. The summed E-state index contributed by atoms with van der Waals surface area (Å²) in [5.41, 5.74) is 3.20. The lowest BCUT2D eigenvalue weighted by molar-refractivity contribution is 0.0980. The van der Waals surface area contributed by atoms with Gasteiger partial charge in [0.1, 0.15) is 5.69 Å². The number of nitrogens with zero attached hydrogens (tertiary/aromatic N) is 2. The Morgan fingerprint density at radius 3 is 2.15 bits per heavy atom. The van der Waals surface area contributed by atoms with Gasteiger partial charge in [0.25, 0.3) is 5.91 Å². The van der Waals surface area contributed by atoms with E-state index in [0.29, 0.717) is 12.2 Å². The molecule has 0 N–H and O–H groups in total. The molecule has 126 valence electrons. The van der Waals surface area contributed by atoms with Gasteiger partial charge in [-0.05, 0) is 29.8 Å². The average molecular weight is 338 g/mol. The van der Waals surface area contributed by atoms with Gasteiger partial charge < -0.3 is 4.90 Å². The minimum Gasteiger partial charge on any atom is -0.303 e. The van der Waals surface area contributed by atoms with Crippen LogP contribution in [0.2, 0.25) is 0 Å². The first-order valence-electron chi connectivity index (χ1n) is 8.58. The number of carbonyl (C=O) groups is 1. The Labute approximate surface area is 152 Å². The average Bonchev–Trinajstić information content (AvgIpc) is 2.72. The molecule has 0 aliphatic heterocycles. The van der Waals surface area contributed by atoms with Crippen molar-refractivity contribution in [1.29, 1.82) is 0 Å². The first-order valence-corrected chi connectivity index (χ1v) is 8.58. The van der Waals surface area contributed by atoms with E-state index in [1.807, 2.05) is 91.0 Å². The fraction of sp³-hybridized carbons (Fsp3) is 0.0435. The number of hydrogen-bond acceptors (Lipinski definition) is 2. The molecule has 4 aromatic rings. The van der Waals surface area contributed by atoms with Crippen LogP contribution >= 0.6 is 0 Å². The fourth-order valence-electron chi connectivity index (χ4n) is 2.98. The van der Waals surface area contributed by atoms with Crippen LogP contribution in [0.5, 0.6) is 0 Å². The van der Waals surface area contributed by atoms with Crippen molar-refractivity contribution in [3.05, 3.63) is 108 Å². The molecule has 0 atom stereocenters. The van der Waals surface area contributed by atoms with Crippen molar-refractivity contribution in [3.8, 4) is 0 Å². The molecule has 0 unspecified atom stereocenters. The van der Waals surface area contributed by atoms with Crippen molar-refractivity contribution in [2.75, 3.05) is 4.90 Å². The molecule has 3 nitrogen and oxygen atoms in total. The second-order valence-electron chi connectivity index (χ2n) is 6.10. The van der Waals surface area contributed by atoms with Crippen molar-refractivity contribution >= 4 is 22.5 Å². The lowest BCUT2D eigenvalue weighted by Gasteiger charge is -2.23. The van der Waals surface area contributed by atoms with E-state index in [-0.39, 0.29) is 5.91 Å². The molecule has 26 heavy (non-hydrogen) atoms. The van der Waals surface area contributed by atoms with Crippen molar-refractivity contribution in [3.63, 3.8) is 0 Å². The summed E-state index contributed by atoms with van der Waals surface area (Å²) in [4.78, 5) is 19.6. The van der Waals surface area contributed by atoms with Crippen molar-refractivity contribution in [2.45, 2.75) is 6.54 Å². The predicted molar refractivity (Wildman–Crippen MR) is 105 cm³/mol. The van der Waals surface area contributed by atoms with Gasteiger partial charge in [-0.3, -0.25) is 4.79 Å². The Balaban J connectivity index is 1.73. The number of para-hydroxylation sites is 2. The van der Waals surface area contributed by atoms with E-state index in [0.717, 1.165) is 22.2 Å². The van der Waals surface area contributed by atoms with Crippen LogP contribution in [-0.4, -0.2) is 10.9 Å². The van der Waals surface area contributed by atoms with E-state index >= 15 is 0 Å². The molecule has 0 bridgehead atoms. The lowest BCUT2D eigenvalue weighted by Crippen LogP contribution is -2.31. The van der Waals surface area contributed by atoms with Gasteiger partial charge in [-0.15, -0.1) is 0 Å². The molecule has 1 aromatic heterocycles. The quantitative estimate of drug-likeness (QED) is 0.520. The zero-order valence-electron chi connectivity index (χ0n) is 14.2. The Morgan fingerprint density at radius 1 is 0.731 bits per heavy atom. The SMILES string of the molecule is O=C(c1ccc2ccccc2n1)N(Cc1ccccc1)c1ccccc1. The molecular weight excluding hydrogens is 320 g/mol. The van der Waals surface area contributed by atoms with Crippen LogP contribution in [0.1, 0.15) is 16.1 Å². The van der Waals surface area contributed by atoms with Gasteiger partial charge in [-0.1, -0.05) is 72.8 Å². The van der Waals surface area contributed by atoms with E-state index in [9.17, 15) is 4.79 Å². The third kappa shape index (κ3) is 3.33. The molecule has 0 saturated heterocycles. The topological polar surface area (TPSA) is 33.2 Å². The number of benzene rings is 3. The molecule has 0 aliphatic carbocycles. The highest BCUT2D eigenvalue weighted by molar-refractivity contribution is 6.05. The molecule has 4 rings (SSSR count). The smallest absolute Gasteiger partial charge is 0.277 e. The minimum atomic E-state index is -0.106. The van der Waals surface area contributed by atoms with E-state index < -0.39 is 0 Å². The molecular formula is C23H18N2O. The van der Waals surface area contributed by atoms with Crippen molar-refractivity contribution in [2.24, 2.45) is 0 Å². The van der Waals surface area contributed by atoms with Gasteiger partial charge in [0.2, 0.25) is 0 Å². The normalized spacial score (nSPS) is 10.6. The number of carbonyl (C=O) groups excluding carboxylic acids is 1. The van der Waals surface area contributed by atoms with Crippen LogP contribution < -0.4 is 4.90 Å². The highest BCUT2D eigenvalue weighted by Crippen LogP contribution is 2.21. The third-order valence-corrected chi connectivity index (χ3v) is 4.31. The van der Waals surface area contributed by atoms with Gasteiger partial charge in [0.05, 0.1) is 12.1 Å². The predicted octanol–water partition coefficient (Wildman–Crippen LogP) is 5.08. The van der Waals surface area contributed by atoms with Crippen LogP contribution in [0, 0.1) is 0 Å². The Hall–Kier alpha value is -3.46. The number of anilines is 1. The van der Waals surface area contributed by atoms with Gasteiger partial charge >= 0.3 is 0 Å². The standard InChI is InChI=1S/C23H18N2O/c26-23(22-16-15-19-11-7-8-14-21(19)24-22)25(20-12-5-2-6-13-20)17-18-9-3-1-4-10-18/h1-16H,17H2. The van der Waals surface area contributed by atoms with Crippen LogP contribution in [-0.2, 0) is 6.54 Å². The van der Waals surface area contributed by atoms with E-state index in [2.05, 4.69) is 4.98 Å². The van der Waals surface area contributed by atoms with E-state index in [1.165, 1.54) is 0 Å². The number of pyridine rings is 1. The summed E-state index contributed by atoms with van der Waals surface area (Å²) in [6, 6.07) is 31.3. The van der Waals surface area contributed by atoms with Gasteiger partial charge in [0, 0.05) is 11.1 Å². The number of hydrogen-bond donors (Lipinski definition) is 0. The maximum Gasteiger partial charge on any atom is 0.277 e. The van der Waals surface area contributed by atoms with E-state index in [4.69, 9.17) is 0 Å². The Kier molecular flexibility index (Phi) is 4.44. The van der Waals surface area contributed by atoms with Crippen LogP contribution in [0.15, 0.2) is 97.1 Å². The van der Waals surface area contributed by atoms with Crippen LogP contribution in [0.25, 0.3) is 10.9 Å². The molecule has 3 aromatic carbocycles. The lowest BCUT2D eigenvalue weighted by atomic mass is 10.1. The third-order valence-electron chi connectivity index (χ3n) is 4.31. The Bertz CT molecular complexity index is 1030. The summed E-state index contributed by atoms with van der Waals surface area (Å²) >= 11 is 0. The molecule has 1 amide bonds. The van der Waals surface area contributed by atoms with Crippen molar-refractivity contribution in [1.82, 2.24) is 4.98 Å². The molecule has 0 fully saturated rings.